The van der Waals surface area contributed by atoms with Crippen LogP contribution in [0.2, 0.25) is 0 Å². The lowest BCUT2D eigenvalue weighted by molar-refractivity contribution is 0.414. The van der Waals surface area contributed by atoms with Gasteiger partial charge in [0.25, 0.3) is 0 Å². The second kappa shape index (κ2) is 7.69. The van der Waals surface area contributed by atoms with Crippen LogP contribution < -0.4 is 9.47 Å². The SMILES string of the molecule is CC/C(=C(/CC)c1ccc(OC)cc1)c1ccc(OC)cc1. The van der Waals surface area contributed by atoms with E-state index in [2.05, 4.69) is 38.1 Å². The van der Waals surface area contributed by atoms with Crippen molar-refractivity contribution in [3.63, 3.8) is 0 Å². The van der Waals surface area contributed by atoms with Crippen LogP contribution in [-0.2, 0) is 0 Å². The van der Waals surface area contributed by atoms with Gasteiger partial charge in [0, 0.05) is 0 Å². The average Bonchev–Trinajstić information content (AvgIpc) is 2.60. The fraction of sp³-hybridized carbons (Fsp3) is 0.300. The van der Waals surface area contributed by atoms with E-state index in [0.29, 0.717) is 0 Å². The Bertz CT molecular complexity index is 564. The average molecular weight is 296 g/mol. The number of benzene rings is 2. The minimum Gasteiger partial charge on any atom is -0.497 e. The van der Waals surface area contributed by atoms with Gasteiger partial charge in [-0.05, 0) is 59.4 Å². The number of ether oxygens (including phenoxy) is 2. The summed E-state index contributed by atoms with van der Waals surface area (Å²) in [4.78, 5) is 0. The third kappa shape index (κ3) is 3.51. The van der Waals surface area contributed by atoms with Crippen molar-refractivity contribution in [1.29, 1.82) is 0 Å². The van der Waals surface area contributed by atoms with Crippen molar-refractivity contribution in [1.82, 2.24) is 0 Å². The van der Waals surface area contributed by atoms with E-state index in [1.807, 2.05) is 24.3 Å². The Balaban J connectivity index is 2.46. The largest absolute Gasteiger partial charge is 0.497 e. The standard InChI is InChI=1S/C20H24O2/c1-5-19(15-7-11-17(21-3)12-8-15)20(6-2)16-9-13-18(22-4)14-10-16/h7-14H,5-6H2,1-4H3/b20-19+. The van der Waals surface area contributed by atoms with Crippen LogP contribution in [0.25, 0.3) is 11.1 Å². The number of rotatable bonds is 6. The first-order chi connectivity index (χ1) is 10.7. The quantitative estimate of drug-likeness (QED) is 0.661. The normalized spacial score (nSPS) is 11.8. The van der Waals surface area contributed by atoms with E-state index < -0.39 is 0 Å². The molecule has 0 fully saturated rings. The fourth-order valence-corrected chi connectivity index (χ4v) is 2.77. The van der Waals surface area contributed by atoms with Crippen molar-refractivity contribution in [2.45, 2.75) is 26.7 Å². The third-order valence-corrected chi connectivity index (χ3v) is 3.95. The highest BCUT2D eigenvalue weighted by Gasteiger charge is 2.09. The van der Waals surface area contributed by atoms with Crippen LogP contribution in [-0.4, -0.2) is 14.2 Å². The monoisotopic (exact) mass is 296 g/mol. The molecule has 2 rings (SSSR count). The predicted molar refractivity (Wildman–Crippen MR) is 93.4 cm³/mol. The van der Waals surface area contributed by atoms with Crippen molar-refractivity contribution in [2.24, 2.45) is 0 Å². The fourth-order valence-electron chi connectivity index (χ4n) is 2.77. The molecular weight excluding hydrogens is 272 g/mol. The summed E-state index contributed by atoms with van der Waals surface area (Å²) in [5.41, 5.74) is 5.29. The van der Waals surface area contributed by atoms with Crippen molar-refractivity contribution in [2.75, 3.05) is 14.2 Å². The highest BCUT2D eigenvalue weighted by Crippen LogP contribution is 2.32. The van der Waals surface area contributed by atoms with E-state index in [9.17, 15) is 0 Å². The molecule has 0 saturated heterocycles. The molecular formula is C20H24O2. The maximum atomic E-state index is 5.25. The first-order valence-corrected chi connectivity index (χ1v) is 7.74. The van der Waals surface area contributed by atoms with Gasteiger partial charge in [0.2, 0.25) is 0 Å². The van der Waals surface area contributed by atoms with Gasteiger partial charge in [-0.3, -0.25) is 0 Å². The van der Waals surface area contributed by atoms with Gasteiger partial charge in [-0.2, -0.15) is 0 Å². The minimum absolute atomic E-state index is 0.890. The van der Waals surface area contributed by atoms with E-state index in [4.69, 9.17) is 9.47 Å². The molecule has 22 heavy (non-hydrogen) atoms. The smallest absolute Gasteiger partial charge is 0.118 e. The lowest BCUT2D eigenvalue weighted by Crippen LogP contribution is -1.93. The molecule has 2 aromatic carbocycles. The Morgan fingerprint density at radius 3 is 1.18 bits per heavy atom. The second-order valence-electron chi connectivity index (χ2n) is 5.12. The molecule has 116 valence electrons. The molecule has 0 atom stereocenters. The molecule has 2 heteroatoms. The molecule has 2 nitrogen and oxygen atoms in total. The molecule has 0 unspecified atom stereocenters. The maximum absolute atomic E-state index is 5.25. The summed E-state index contributed by atoms with van der Waals surface area (Å²) in [6.07, 6.45) is 2.00. The van der Waals surface area contributed by atoms with Crippen molar-refractivity contribution in [3.05, 3.63) is 59.7 Å². The van der Waals surface area contributed by atoms with Gasteiger partial charge in [-0.1, -0.05) is 38.1 Å². The Labute approximate surface area is 133 Å². The summed E-state index contributed by atoms with van der Waals surface area (Å²) in [7, 11) is 3.39. The van der Waals surface area contributed by atoms with Crippen LogP contribution in [0.5, 0.6) is 11.5 Å². The summed E-state index contributed by atoms with van der Waals surface area (Å²) in [5, 5.41) is 0. The number of methoxy groups -OCH3 is 2. The molecule has 0 radical (unpaired) electrons. The molecule has 0 saturated carbocycles. The molecule has 0 amide bonds. The van der Waals surface area contributed by atoms with Crippen LogP contribution >= 0.6 is 0 Å². The van der Waals surface area contributed by atoms with Crippen molar-refractivity contribution >= 4 is 11.1 Å². The van der Waals surface area contributed by atoms with Gasteiger partial charge < -0.3 is 9.47 Å². The van der Waals surface area contributed by atoms with Gasteiger partial charge >= 0.3 is 0 Å². The van der Waals surface area contributed by atoms with E-state index in [1.165, 1.54) is 22.3 Å². The molecule has 0 aliphatic carbocycles. The van der Waals surface area contributed by atoms with E-state index >= 15 is 0 Å². The van der Waals surface area contributed by atoms with E-state index in [-0.39, 0.29) is 0 Å². The van der Waals surface area contributed by atoms with Gasteiger partial charge in [-0.15, -0.1) is 0 Å². The number of hydrogen-bond donors (Lipinski definition) is 0. The first kappa shape index (κ1) is 16.2. The Kier molecular flexibility index (Phi) is 5.65. The summed E-state index contributed by atoms with van der Waals surface area (Å²) in [6, 6.07) is 16.6. The van der Waals surface area contributed by atoms with Crippen LogP contribution in [0, 0.1) is 0 Å². The van der Waals surface area contributed by atoms with Gasteiger partial charge in [-0.25, -0.2) is 0 Å². The topological polar surface area (TPSA) is 18.5 Å². The molecule has 0 heterocycles. The van der Waals surface area contributed by atoms with Crippen molar-refractivity contribution in [3.8, 4) is 11.5 Å². The van der Waals surface area contributed by atoms with Crippen LogP contribution in [0.3, 0.4) is 0 Å². The van der Waals surface area contributed by atoms with Crippen molar-refractivity contribution < 1.29 is 9.47 Å². The molecule has 0 spiro atoms. The highest BCUT2D eigenvalue weighted by atomic mass is 16.5. The summed E-state index contributed by atoms with van der Waals surface area (Å²) >= 11 is 0. The molecule has 0 aliphatic rings. The zero-order valence-electron chi connectivity index (χ0n) is 13.8. The molecule has 0 aliphatic heterocycles. The Morgan fingerprint density at radius 2 is 0.955 bits per heavy atom. The number of hydrogen-bond acceptors (Lipinski definition) is 2. The molecule has 0 aromatic heterocycles. The zero-order chi connectivity index (χ0) is 15.9. The highest BCUT2D eigenvalue weighted by molar-refractivity contribution is 5.90. The third-order valence-electron chi connectivity index (χ3n) is 3.95. The van der Waals surface area contributed by atoms with E-state index in [0.717, 1.165) is 24.3 Å². The van der Waals surface area contributed by atoms with E-state index in [1.54, 1.807) is 14.2 Å². The zero-order valence-corrected chi connectivity index (χ0v) is 13.8. The summed E-state index contributed by atoms with van der Waals surface area (Å²) < 4.78 is 10.5. The Morgan fingerprint density at radius 1 is 0.636 bits per heavy atom. The first-order valence-electron chi connectivity index (χ1n) is 7.74. The number of allylic oxidation sites excluding steroid dienone is 2. The predicted octanol–water partition coefficient (Wildman–Crippen LogP) is 5.43. The van der Waals surface area contributed by atoms with Crippen LogP contribution in [0.1, 0.15) is 37.8 Å². The van der Waals surface area contributed by atoms with Gasteiger partial charge in [0.05, 0.1) is 14.2 Å². The molecule has 2 aromatic rings. The molecule has 0 bridgehead atoms. The van der Waals surface area contributed by atoms with Crippen LogP contribution in [0.4, 0.5) is 0 Å². The second-order valence-corrected chi connectivity index (χ2v) is 5.12. The van der Waals surface area contributed by atoms with Crippen LogP contribution in [0.15, 0.2) is 48.5 Å². The lowest BCUT2D eigenvalue weighted by atomic mass is 9.91. The summed E-state index contributed by atoms with van der Waals surface area (Å²) in [6.45, 7) is 4.41. The van der Waals surface area contributed by atoms with Gasteiger partial charge in [0.1, 0.15) is 11.5 Å². The maximum Gasteiger partial charge on any atom is 0.118 e. The Hall–Kier alpha value is -2.22. The summed E-state index contributed by atoms with van der Waals surface area (Å²) in [5.74, 6) is 1.78. The van der Waals surface area contributed by atoms with Gasteiger partial charge in [0.15, 0.2) is 0 Å². The lowest BCUT2D eigenvalue weighted by Gasteiger charge is -2.15. The minimum atomic E-state index is 0.890. The molecule has 0 N–H and O–H groups in total.